The van der Waals surface area contributed by atoms with Crippen LogP contribution < -0.4 is 11.4 Å². The van der Waals surface area contributed by atoms with Gasteiger partial charge in [0.1, 0.15) is 24.7 Å². The first kappa shape index (κ1) is 16.7. The molecule has 9 heteroatoms. The molecule has 22 heavy (non-hydrogen) atoms. The Hall–Kier alpha value is -1.66. The van der Waals surface area contributed by atoms with E-state index in [1.807, 2.05) is 0 Å². The van der Waals surface area contributed by atoms with Gasteiger partial charge in [0.05, 0.1) is 6.10 Å². The largest absolute Gasteiger partial charge is 0.391 e. The predicted molar refractivity (Wildman–Crippen MR) is 76.8 cm³/mol. The van der Waals surface area contributed by atoms with Crippen molar-refractivity contribution in [1.29, 1.82) is 0 Å². The molecule has 0 saturated carbocycles. The molecule has 1 aromatic heterocycles. The van der Waals surface area contributed by atoms with E-state index in [4.69, 9.17) is 22.1 Å². The number of aliphatic hydroxyl groups excluding tert-OH is 2. The minimum absolute atomic E-state index is 0.00175. The van der Waals surface area contributed by atoms with Crippen LogP contribution in [0.3, 0.4) is 0 Å². The number of nitrogens with two attached hydrogens (primary N) is 1. The van der Waals surface area contributed by atoms with Crippen molar-refractivity contribution in [2.75, 3.05) is 12.4 Å². The predicted octanol–water partition coefficient (Wildman–Crippen LogP) is -0.585. The minimum Gasteiger partial charge on any atom is -0.391 e. The minimum atomic E-state index is -1.81. The van der Waals surface area contributed by atoms with Crippen LogP contribution in [-0.4, -0.2) is 49.6 Å². The number of alkyl halides is 2. The summed E-state index contributed by atoms with van der Waals surface area (Å²) in [7, 11) is 0. The van der Waals surface area contributed by atoms with Gasteiger partial charge in [-0.2, -0.15) is 4.98 Å². The van der Waals surface area contributed by atoms with E-state index in [2.05, 4.69) is 16.8 Å². The lowest BCUT2D eigenvalue weighted by Crippen LogP contribution is -2.44. The van der Waals surface area contributed by atoms with Crippen molar-refractivity contribution in [3.05, 3.63) is 22.7 Å². The number of nitrogens with zero attached hydrogens (tertiary/aromatic N) is 2. The first-order chi connectivity index (χ1) is 10.3. The zero-order valence-corrected chi connectivity index (χ0v) is 12.4. The van der Waals surface area contributed by atoms with Gasteiger partial charge in [-0.25, -0.2) is 9.18 Å². The first-order valence-electron chi connectivity index (χ1n) is 6.42. The molecule has 2 heterocycles. The van der Waals surface area contributed by atoms with Crippen LogP contribution in [0, 0.1) is 11.8 Å². The van der Waals surface area contributed by atoms with Crippen molar-refractivity contribution in [3.8, 4) is 11.8 Å². The highest BCUT2D eigenvalue weighted by Gasteiger charge is 2.57. The Labute approximate surface area is 130 Å². The van der Waals surface area contributed by atoms with Crippen LogP contribution >= 0.6 is 11.6 Å². The van der Waals surface area contributed by atoms with Gasteiger partial charge in [0.15, 0.2) is 11.1 Å². The third kappa shape index (κ3) is 2.80. The van der Waals surface area contributed by atoms with Crippen molar-refractivity contribution < 1.29 is 19.3 Å². The maximum absolute atomic E-state index is 12.4. The quantitative estimate of drug-likeness (QED) is 0.494. The maximum atomic E-state index is 12.4. The van der Waals surface area contributed by atoms with Crippen molar-refractivity contribution in [1.82, 2.24) is 9.55 Å². The fourth-order valence-electron chi connectivity index (χ4n) is 2.26. The topological polar surface area (TPSA) is 111 Å². The summed E-state index contributed by atoms with van der Waals surface area (Å²) in [6, 6.07) is 1.34. The van der Waals surface area contributed by atoms with Crippen LogP contribution in [-0.2, 0) is 4.74 Å². The van der Waals surface area contributed by atoms with Gasteiger partial charge in [-0.3, -0.25) is 4.57 Å². The molecule has 0 radical (unpaired) electrons. The molecule has 4 N–H and O–H groups in total. The van der Waals surface area contributed by atoms with E-state index in [0.29, 0.717) is 0 Å². The summed E-state index contributed by atoms with van der Waals surface area (Å²) < 4.78 is 18.8. The van der Waals surface area contributed by atoms with Gasteiger partial charge in [0, 0.05) is 6.20 Å². The normalized spacial score (nSPS) is 32.3. The third-order valence-electron chi connectivity index (χ3n) is 3.31. The SMILES string of the molecule is C[C@@H](O)[C@H]1O[C@@H](n2ccc(N)nc2=O)[C@@](Cl)(C#CCF)C1O. The molecular formula is C13H15ClFN3O4. The van der Waals surface area contributed by atoms with E-state index >= 15 is 0 Å². The molecular weight excluding hydrogens is 317 g/mol. The van der Waals surface area contributed by atoms with Crippen LogP contribution in [0.1, 0.15) is 13.2 Å². The monoisotopic (exact) mass is 331 g/mol. The molecule has 1 aliphatic heterocycles. The third-order valence-corrected chi connectivity index (χ3v) is 3.82. The zero-order valence-electron chi connectivity index (χ0n) is 11.6. The van der Waals surface area contributed by atoms with E-state index in [0.717, 1.165) is 4.57 Å². The highest BCUT2D eigenvalue weighted by atomic mass is 35.5. The standard InChI is InChI=1S/C13H15ClFN3O4/c1-7(19)9-10(20)13(14,4-2-5-15)11(22-9)18-6-3-8(16)17-12(18)21/h3,6-7,9-11,19-20H,5H2,1H3,(H2,16,17,21)/t7-,9-,10?,11-,13-/m1/s1. The molecule has 1 aliphatic rings. The van der Waals surface area contributed by atoms with Crippen LogP contribution in [0.4, 0.5) is 10.2 Å². The van der Waals surface area contributed by atoms with Gasteiger partial charge in [-0.15, -0.1) is 0 Å². The number of hydrogen-bond acceptors (Lipinski definition) is 6. The van der Waals surface area contributed by atoms with E-state index in [1.165, 1.54) is 19.2 Å². The molecule has 0 amide bonds. The summed E-state index contributed by atoms with van der Waals surface area (Å²) in [5.41, 5.74) is 4.64. The lowest BCUT2D eigenvalue weighted by Gasteiger charge is -2.25. The highest BCUT2D eigenvalue weighted by molar-refractivity contribution is 6.27. The van der Waals surface area contributed by atoms with Crippen LogP contribution in [0.15, 0.2) is 17.1 Å². The summed E-state index contributed by atoms with van der Waals surface area (Å²) in [5.74, 6) is 4.49. The van der Waals surface area contributed by atoms with Crippen molar-refractivity contribution in [2.24, 2.45) is 0 Å². The van der Waals surface area contributed by atoms with E-state index in [-0.39, 0.29) is 5.82 Å². The molecule has 1 fully saturated rings. The van der Waals surface area contributed by atoms with Gasteiger partial charge in [-0.1, -0.05) is 23.4 Å². The second-order valence-corrected chi connectivity index (χ2v) is 5.51. The number of rotatable bonds is 2. The molecule has 1 saturated heterocycles. The number of hydrogen-bond donors (Lipinski definition) is 3. The Morgan fingerprint density at radius 1 is 1.73 bits per heavy atom. The Balaban J connectivity index is 2.53. The zero-order chi connectivity index (χ0) is 16.5. The lowest BCUT2D eigenvalue weighted by molar-refractivity contribution is -0.0773. The Morgan fingerprint density at radius 2 is 2.41 bits per heavy atom. The molecule has 0 spiro atoms. The number of nitrogen functional groups attached to an aromatic ring is 1. The lowest BCUT2D eigenvalue weighted by atomic mass is 9.96. The van der Waals surface area contributed by atoms with Crippen LogP contribution in [0.5, 0.6) is 0 Å². The summed E-state index contributed by atoms with van der Waals surface area (Å²) in [6.07, 6.45) is -3.60. The molecule has 0 aromatic carbocycles. The number of anilines is 1. The molecule has 0 bridgehead atoms. The summed E-state index contributed by atoms with van der Waals surface area (Å²) in [5, 5.41) is 19.9. The summed E-state index contributed by atoms with van der Waals surface area (Å²) in [6.45, 7) is 0.405. The van der Waals surface area contributed by atoms with Gasteiger partial charge < -0.3 is 20.7 Å². The van der Waals surface area contributed by atoms with Gasteiger partial charge in [0.25, 0.3) is 0 Å². The van der Waals surface area contributed by atoms with Gasteiger partial charge in [0.2, 0.25) is 0 Å². The molecule has 5 atom stereocenters. The first-order valence-corrected chi connectivity index (χ1v) is 6.80. The van der Waals surface area contributed by atoms with Gasteiger partial charge in [-0.05, 0) is 13.0 Å². The Morgan fingerprint density at radius 3 is 2.95 bits per heavy atom. The van der Waals surface area contributed by atoms with Gasteiger partial charge >= 0.3 is 5.69 Å². The van der Waals surface area contributed by atoms with E-state index in [1.54, 1.807) is 0 Å². The summed E-state index contributed by atoms with van der Waals surface area (Å²) >= 11 is 6.31. The molecule has 120 valence electrons. The second kappa shape index (κ2) is 6.22. The van der Waals surface area contributed by atoms with Crippen LogP contribution in [0.2, 0.25) is 0 Å². The van der Waals surface area contributed by atoms with E-state index in [9.17, 15) is 19.4 Å². The Bertz CT molecular complexity index is 671. The molecule has 0 aliphatic carbocycles. The van der Waals surface area contributed by atoms with Crippen LogP contribution in [0.25, 0.3) is 0 Å². The Kier molecular flexibility index (Phi) is 4.72. The fraction of sp³-hybridized carbons (Fsp3) is 0.538. The molecule has 1 aromatic rings. The van der Waals surface area contributed by atoms with Crippen molar-refractivity contribution >= 4 is 17.4 Å². The number of halogens is 2. The fourth-order valence-corrected chi connectivity index (χ4v) is 2.61. The molecule has 1 unspecified atom stereocenters. The summed E-state index contributed by atoms with van der Waals surface area (Å²) in [4.78, 5) is 13.7. The number of ether oxygens (including phenoxy) is 1. The maximum Gasteiger partial charge on any atom is 0.351 e. The molecule has 2 rings (SSSR count). The molecule has 7 nitrogen and oxygen atoms in total. The van der Waals surface area contributed by atoms with Crippen molar-refractivity contribution in [2.45, 2.75) is 36.3 Å². The van der Waals surface area contributed by atoms with E-state index < -0.39 is 41.8 Å². The van der Waals surface area contributed by atoms with Crippen molar-refractivity contribution in [3.63, 3.8) is 0 Å². The highest BCUT2D eigenvalue weighted by Crippen LogP contribution is 2.43. The average Bonchev–Trinajstić information content (AvgIpc) is 2.70. The second-order valence-electron chi connectivity index (χ2n) is 4.88. The average molecular weight is 332 g/mol. The number of aliphatic hydroxyl groups is 2. The smallest absolute Gasteiger partial charge is 0.351 e. The number of aromatic nitrogens is 2.